The number of ketones is 1. The molecule has 0 aliphatic rings. The summed E-state index contributed by atoms with van der Waals surface area (Å²) < 4.78 is 15.4. The van der Waals surface area contributed by atoms with Crippen LogP contribution in [0.5, 0.6) is 11.5 Å². The summed E-state index contributed by atoms with van der Waals surface area (Å²) in [6.07, 6.45) is 4.64. The van der Waals surface area contributed by atoms with Gasteiger partial charge in [-0.2, -0.15) is 0 Å². The van der Waals surface area contributed by atoms with Crippen LogP contribution in [0.3, 0.4) is 0 Å². The van der Waals surface area contributed by atoms with Crippen LogP contribution < -0.4 is 9.47 Å². The first-order valence-corrected chi connectivity index (χ1v) is 9.22. The number of ether oxygens (including phenoxy) is 3. The van der Waals surface area contributed by atoms with Crippen LogP contribution in [0, 0.1) is 6.92 Å². The highest BCUT2D eigenvalue weighted by molar-refractivity contribution is 7.20. The SMILES string of the molecule is COC(=O)c1sc2ncc(C(=O)/C=C/c3cccc(OC)c3OC)cc2c1C. The Hall–Kier alpha value is -3.19. The van der Waals surface area contributed by atoms with E-state index in [1.165, 1.54) is 30.7 Å². The average molecular weight is 397 g/mol. The van der Waals surface area contributed by atoms with Gasteiger partial charge in [0.2, 0.25) is 0 Å². The van der Waals surface area contributed by atoms with Gasteiger partial charge in [-0.3, -0.25) is 4.79 Å². The predicted octanol–water partition coefficient (Wildman–Crippen LogP) is 4.30. The highest BCUT2D eigenvalue weighted by Crippen LogP contribution is 2.32. The molecule has 0 aliphatic heterocycles. The Labute approximate surface area is 166 Å². The normalized spacial score (nSPS) is 11.0. The number of aromatic nitrogens is 1. The number of hydrogen-bond acceptors (Lipinski definition) is 7. The highest BCUT2D eigenvalue weighted by Gasteiger charge is 2.18. The Bertz CT molecular complexity index is 1080. The molecule has 3 rings (SSSR count). The Morgan fingerprint density at radius 3 is 2.61 bits per heavy atom. The zero-order valence-electron chi connectivity index (χ0n) is 15.9. The molecule has 0 unspecified atom stereocenters. The van der Waals surface area contributed by atoms with Crippen molar-refractivity contribution < 1.29 is 23.8 Å². The molecule has 0 amide bonds. The van der Waals surface area contributed by atoms with Gasteiger partial charge >= 0.3 is 5.97 Å². The molecule has 2 aromatic heterocycles. The van der Waals surface area contributed by atoms with Gasteiger partial charge in [0.05, 0.1) is 21.3 Å². The number of nitrogens with zero attached hydrogens (tertiary/aromatic N) is 1. The fourth-order valence-electron chi connectivity index (χ4n) is 2.82. The van der Waals surface area contributed by atoms with Gasteiger partial charge < -0.3 is 14.2 Å². The van der Waals surface area contributed by atoms with E-state index in [1.54, 1.807) is 32.4 Å². The van der Waals surface area contributed by atoms with Crippen LogP contribution in [-0.2, 0) is 4.74 Å². The van der Waals surface area contributed by atoms with Crippen molar-refractivity contribution in [3.05, 3.63) is 58.1 Å². The number of hydrogen-bond donors (Lipinski definition) is 0. The summed E-state index contributed by atoms with van der Waals surface area (Å²) >= 11 is 1.25. The number of rotatable bonds is 6. The minimum Gasteiger partial charge on any atom is -0.493 e. The van der Waals surface area contributed by atoms with Gasteiger partial charge in [0, 0.05) is 22.7 Å². The Morgan fingerprint density at radius 1 is 1.14 bits per heavy atom. The summed E-state index contributed by atoms with van der Waals surface area (Å²) in [4.78, 5) is 30.0. The molecule has 0 spiro atoms. The largest absolute Gasteiger partial charge is 0.493 e. The second-order valence-corrected chi connectivity index (χ2v) is 6.90. The third-order valence-corrected chi connectivity index (χ3v) is 5.49. The van der Waals surface area contributed by atoms with E-state index < -0.39 is 5.97 Å². The lowest BCUT2D eigenvalue weighted by Gasteiger charge is -2.09. The van der Waals surface area contributed by atoms with Gasteiger partial charge in [0.1, 0.15) is 9.71 Å². The van der Waals surface area contributed by atoms with E-state index in [1.807, 2.05) is 19.1 Å². The summed E-state index contributed by atoms with van der Waals surface area (Å²) in [6.45, 7) is 1.82. The zero-order valence-corrected chi connectivity index (χ0v) is 16.8. The Morgan fingerprint density at radius 2 is 1.93 bits per heavy atom. The third-order valence-electron chi connectivity index (χ3n) is 4.30. The molecule has 0 bridgehead atoms. The number of carbonyl (C=O) groups is 2. The first kappa shape index (κ1) is 19.6. The molecule has 2 heterocycles. The minimum absolute atomic E-state index is 0.204. The average Bonchev–Trinajstić information content (AvgIpc) is 3.06. The molecule has 144 valence electrons. The molecule has 0 saturated heterocycles. The van der Waals surface area contributed by atoms with Crippen molar-refractivity contribution in [2.75, 3.05) is 21.3 Å². The van der Waals surface area contributed by atoms with Crippen molar-refractivity contribution >= 4 is 39.4 Å². The maximum Gasteiger partial charge on any atom is 0.348 e. The Balaban J connectivity index is 1.93. The van der Waals surface area contributed by atoms with Crippen LogP contribution in [0.2, 0.25) is 0 Å². The van der Waals surface area contributed by atoms with E-state index in [0.29, 0.717) is 26.8 Å². The topological polar surface area (TPSA) is 74.7 Å². The number of fused-ring (bicyclic) bond motifs is 1. The van der Waals surface area contributed by atoms with Gasteiger partial charge in [-0.25, -0.2) is 9.78 Å². The molecule has 28 heavy (non-hydrogen) atoms. The maximum atomic E-state index is 12.6. The standard InChI is InChI=1S/C21H19NO5S/c1-12-15-10-14(11-22-20(15)28-19(12)21(24)27-4)16(23)9-8-13-6-5-7-17(25-2)18(13)26-3/h5-11H,1-4H3/b9-8+. The highest BCUT2D eigenvalue weighted by atomic mass is 32.1. The van der Waals surface area contributed by atoms with E-state index in [9.17, 15) is 9.59 Å². The summed E-state index contributed by atoms with van der Waals surface area (Å²) in [5.74, 6) is 0.534. The predicted molar refractivity (Wildman–Crippen MR) is 109 cm³/mol. The van der Waals surface area contributed by atoms with Crippen LogP contribution in [0.4, 0.5) is 0 Å². The molecule has 0 atom stereocenters. The number of para-hydroxylation sites is 1. The number of allylic oxidation sites excluding steroid dienone is 1. The molecule has 3 aromatic rings. The van der Waals surface area contributed by atoms with Crippen LogP contribution in [0.1, 0.15) is 31.2 Å². The van der Waals surface area contributed by atoms with Crippen molar-refractivity contribution in [2.24, 2.45) is 0 Å². The molecular weight excluding hydrogens is 378 g/mol. The number of carbonyl (C=O) groups excluding carboxylic acids is 2. The monoisotopic (exact) mass is 397 g/mol. The molecule has 0 aliphatic carbocycles. The summed E-state index contributed by atoms with van der Waals surface area (Å²) in [5, 5.41) is 0.767. The van der Waals surface area contributed by atoms with Gasteiger partial charge in [-0.1, -0.05) is 12.1 Å². The molecule has 1 aromatic carbocycles. The van der Waals surface area contributed by atoms with Crippen LogP contribution in [0.15, 0.2) is 36.5 Å². The molecule has 0 N–H and O–H groups in total. The fraction of sp³-hybridized carbons (Fsp3) is 0.190. The number of benzene rings is 1. The van der Waals surface area contributed by atoms with Crippen molar-refractivity contribution in [1.82, 2.24) is 4.98 Å². The lowest BCUT2D eigenvalue weighted by molar-refractivity contribution is 0.0605. The van der Waals surface area contributed by atoms with Crippen molar-refractivity contribution in [1.29, 1.82) is 0 Å². The second kappa shape index (κ2) is 8.22. The van der Waals surface area contributed by atoms with Gasteiger partial charge in [0.25, 0.3) is 0 Å². The lowest BCUT2D eigenvalue weighted by atomic mass is 10.1. The van der Waals surface area contributed by atoms with Crippen molar-refractivity contribution in [3.63, 3.8) is 0 Å². The first-order valence-electron chi connectivity index (χ1n) is 8.41. The summed E-state index contributed by atoms with van der Waals surface area (Å²) in [7, 11) is 4.45. The number of aryl methyl sites for hydroxylation is 1. The van der Waals surface area contributed by atoms with Gasteiger partial charge in [0.15, 0.2) is 17.3 Å². The molecular formula is C21H19NO5S. The van der Waals surface area contributed by atoms with Crippen molar-refractivity contribution in [3.8, 4) is 11.5 Å². The van der Waals surface area contributed by atoms with Crippen LogP contribution in [-0.4, -0.2) is 38.1 Å². The third kappa shape index (κ3) is 3.61. The number of pyridine rings is 1. The maximum absolute atomic E-state index is 12.6. The first-order chi connectivity index (χ1) is 13.5. The molecule has 0 saturated carbocycles. The van der Waals surface area contributed by atoms with Crippen LogP contribution in [0.25, 0.3) is 16.3 Å². The molecule has 7 heteroatoms. The minimum atomic E-state index is -0.404. The zero-order chi connectivity index (χ0) is 20.3. The molecule has 6 nitrogen and oxygen atoms in total. The fourth-order valence-corrected chi connectivity index (χ4v) is 3.88. The van der Waals surface area contributed by atoms with E-state index in [0.717, 1.165) is 16.5 Å². The van der Waals surface area contributed by atoms with Gasteiger partial charge in [-0.15, -0.1) is 11.3 Å². The molecule has 0 fully saturated rings. The number of methoxy groups -OCH3 is 3. The van der Waals surface area contributed by atoms with E-state index >= 15 is 0 Å². The number of thiophene rings is 1. The van der Waals surface area contributed by atoms with E-state index in [4.69, 9.17) is 14.2 Å². The quantitative estimate of drug-likeness (QED) is 0.351. The van der Waals surface area contributed by atoms with Gasteiger partial charge in [-0.05, 0) is 36.8 Å². The van der Waals surface area contributed by atoms with E-state index in [-0.39, 0.29) is 5.78 Å². The lowest BCUT2D eigenvalue weighted by Crippen LogP contribution is -1.99. The number of esters is 1. The van der Waals surface area contributed by atoms with E-state index in [2.05, 4.69) is 4.98 Å². The van der Waals surface area contributed by atoms with Crippen molar-refractivity contribution in [2.45, 2.75) is 6.92 Å². The second-order valence-electron chi connectivity index (χ2n) is 5.90. The molecule has 0 radical (unpaired) electrons. The van der Waals surface area contributed by atoms with Crippen LogP contribution >= 0.6 is 11.3 Å². The smallest absolute Gasteiger partial charge is 0.348 e. The summed E-state index contributed by atoms with van der Waals surface area (Å²) in [6, 6.07) is 7.19. The summed E-state index contributed by atoms with van der Waals surface area (Å²) in [5.41, 5.74) is 1.92. The Kier molecular flexibility index (Phi) is 5.75.